The second-order valence-electron chi connectivity index (χ2n) is 7.23. The van der Waals surface area contributed by atoms with Crippen molar-refractivity contribution in [2.75, 3.05) is 31.1 Å². The molecule has 0 bridgehead atoms. The van der Waals surface area contributed by atoms with E-state index in [2.05, 4.69) is 31.4 Å². The quantitative estimate of drug-likeness (QED) is 0.643. The van der Waals surface area contributed by atoms with Gasteiger partial charge in [0.25, 0.3) is 0 Å². The number of guanidine groups is 1. The molecule has 144 valence electrons. The molecule has 2 heterocycles. The molecule has 0 spiro atoms. The molecule has 2 aliphatic rings. The monoisotopic (exact) mass is 387 g/mol. The summed E-state index contributed by atoms with van der Waals surface area (Å²) in [5.41, 5.74) is 1.19. The molecule has 1 aromatic heterocycles. The van der Waals surface area contributed by atoms with Crippen molar-refractivity contribution in [3.05, 3.63) is 40.9 Å². The zero-order chi connectivity index (χ0) is 18.8. The Labute approximate surface area is 165 Å². The summed E-state index contributed by atoms with van der Waals surface area (Å²) in [6.07, 6.45) is 2.45. The smallest absolute Gasteiger partial charge is 0.194 e. The number of halogens is 1. The molecule has 27 heavy (non-hydrogen) atoms. The summed E-state index contributed by atoms with van der Waals surface area (Å²) in [4.78, 5) is 9.58. The summed E-state index contributed by atoms with van der Waals surface area (Å²) in [7, 11) is 1.98. The fourth-order valence-corrected chi connectivity index (χ4v) is 3.42. The molecular weight excluding hydrogens is 362 g/mol. The summed E-state index contributed by atoms with van der Waals surface area (Å²) in [5.74, 6) is 2.79. The van der Waals surface area contributed by atoms with Crippen LogP contribution < -0.4 is 10.2 Å². The van der Waals surface area contributed by atoms with Crippen molar-refractivity contribution in [2.24, 2.45) is 12.0 Å². The first-order valence-corrected chi connectivity index (χ1v) is 9.89. The van der Waals surface area contributed by atoms with Gasteiger partial charge in [-0.1, -0.05) is 17.7 Å². The van der Waals surface area contributed by atoms with Crippen LogP contribution in [-0.2, 0) is 13.6 Å². The highest BCUT2D eigenvalue weighted by molar-refractivity contribution is 6.30. The van der Waals surface area contributed by atoms with Gasteiger partial charge in [-0.15, -0.1) is 10.2 Å². The van der Waals surface area contributed by atoms with E-state index >= 15 is 0 Å². The maximum atomic E-state index is 6.14. The molecule has 0 atom stereocenters. The van der Waals surface area contributed by atoms with Gasteiger partial charge >= 0.3 is 0 Å². The molecule has 1 aliphatic heterocycles. The van der Waals surface area contributed by atoms with Crippen molar-refractivity contribution < 1.29 is 0 Å². The number of nitrogens with one attached hydrogen (secondary N) is 1. The molecule has 1 saturated carbocycles. The van der Waals surface area contributed by atoms with Crippen LogP contribution in [0.5, 0.6) is 0 Å². The number of hydrogen-bond acceptors (Lipinski definition) is 4. The maximum Gasteiger partial charge on any atom is 0.194 e. The van der Waals surface area contributed by atoms with Crippen molar-refractivity contribution in [1.29, 1.82) is 0 Å². The van der Waals surface area contributed by atoms with E-state index in [1.54, 1.807) is 0 Å². The Balaban J connectivity index is 1.42. The summed E-state index contributed by atoms with van der Waals surface area (Å²) >= 11 is 6.14. The van der Waals surface area contributed by atoms with Gasteiger partial charge in [-0.2, -0.15) is 0 Å². The first-order chi connectivity index (χ1) is 13.1. The number of piperazine rings is 1. The molecule has 4 rings (SSSR count). The molecule has 1 aromatic carbocycles. The lowest BCUT2D eigenvalue weighted by atomic mass is 10.2. The van der Waals surface area contributed by atoms with E-state index < -0.39 is 0 Å². The molecule has 2 aromatic rings. The molecule has 7 nitrogen and oxygen atoms in total. The van der Waals surface area contributed by atoms with Crippen LogP contribution in [0.3, 0.4) is 0 Å². The standard InChI is InChI=1S/C19H26ClN7/c1-14-23-24-18(25(14)2)13-21-19(22-16-6-7-16)27-10-8-26(9-11-27)17-5-3-4-15(20)12-17/h3-5,12,16H,6-11,13H2,1-2H3,(H,21,22). The summed E-state index contributed by atoms with van der Waals surface area (Å²) in [5, 5.41) is 12.7. The number of nitrogens with zero attached hydrogens (tertiary/aromatic N) is 6. The average molecular weight is 388 g/mol. The van der Waals surface area contributed by atoms with Gasteiger partial charge in [-0.25, -0.2) is 4.99 Å². The Bertz CT molecular complexity index is 819. The molecular formula is C19H26ClN7. The van der Waals surface area contributed by atoms with E-state index in [9.17, 15) is 0 Å². The largest absolute Gasteiger partial charge is 0.368 e. The zero-order valence-electron chi connectivity index (χ0n) is 15.9. The average Bonchev–Trinajstić information content (AvgIpc) is 3.45. The Morgan fingerprint density at radius 3 is 2.63 bits per heavy atom. The van der Waals surface area contributed by atoms with Crippen LogP contribution in [-0.4, -0.2) is 57.8 Å². The summed E-state index contributed by atoms with van der Waals surface area (Å²) < 4.78 is 2.00. The lowest BCUT2D eigenvalue weighted by molar-refractivity contribution is 0.371. The lowest BCUT2D eigenvalue weighted by Gasteiger charge is -2.38. The Morgan fingerprint density at radius 1 is 1.22 bits per heavy atom. The van der Waals surface area contributed by atoms with Gasteiger partial charge < -0.3 is 19.7 Å². The van der Waals surface area contributed by atoms with Gasteiger partial charge in [0.15, 0.2) is 11.8 Å². The van der Waals surface area contributed by atoms with Crippen LogP contribution in [0.1, 0.15) is 24.5 Å². The van der Waals surface area contributed by atoms with Crippen LogP contribution in [0.4, 0.5) is 5.69 Å². The zero-order valence-corrected chi connectivity index (χ0v) is 16.7. The second-order valence-corrected chi connectivity index (χ2v) is 7.67. The van der Waals surface area contributed by atoms with E-state index in [1.807, 2.05) is 36.7 Å². The van der Waals surface area contributed by atoms with E-state index in [4.69, 9.17) is 16.6 Å². The molecule has 8 heteroatoms. The Kier molecular flexibility index (Phi) is 5.20. The van der Waals surface area contributed by atoms with Gasteiger partial charge in [-0.05, 0) is 38.0 Å². The van der Waals surface area contributed by atoms with Crippen molar-refractivity contribution in [3.63, 3.8) is 0 Å². The lowest BCUT2D eigenvalue weighted by Crippen LogP contribution is -2.53. The van der Waals surface area contributed by atoms with Gasteiger partial charge in [0.1, 0.15) is 12.4 Å². The Morgan fingerprint density at radius 2 is 2.00 bits per heavy atom. The van der Waals surface area contributed by atoms with Crippen molar-refractivity contribution >= 4 is 23.2 Å². The number of aliphatic imine (C=N–C) groups is 1. The highest BCUT2D eigenvalue weighted by Gasteiger charge is 2.27. The minimum Gasteiger partial charge on any atom is -0.368 e. The summed E-state index contributed by atoms with van der Waals surface area (Å²) in [6, 6.07) is 8.64. The molecule has 1 N–H and O–H groups in total. The van der Waals surface area contributed by atoms with Crippen LogP contribution in [0.2, 0.25) is 5.02 Å². The molecule has 2 fully saturated rings. The van der Waals surface area contributed by atoms with Crippen molar-refractivity contribution in [3.8, 4) is 0 Å². The molecule has 0 radical (unpaired) electrons. The highest BCUT2D eigenvalue weighted by atomic mass is 35.5. The summed E-state index contributed by atoms with van der Waals surface area (Å²) in [6.45, 7) is 6.27. The number of rotatable bonds is 4. The number of hydrogen-bond donors (Lipinski definition) is 1. The molecule has 0 unspecified atom stereocenters. The maximum absolute atomic E-state index is 6.14. The van der Waals surface area contributed by atoms with Crippen molar-refractivity contribution in [1.82, 2.24) is 25.0 Å². The van der Waals surface area contributed by atoms with Crippen LogP contribution >= 0.6 is 11.6 Å². The number of anilines is 1. The molecule has 0 amide bonds. The fraction of sp³-hybridized carbons (Fsp3) is 0.526. The first-order valence-electron chi connectivity index (χ1n) is 9.51. The van der Waals surface area contributed by atoms with E-state index in [-0.39, 0.29) is 0 Å². The number of benzene rings is 1. The number of aromatic nitrogens is 3. The fourth-order valence-electron chi connectivity index (χ4n) is 3.23. The van der Waals surface area contributed by atoms with Crippen LogP contribution in [0.25, 0.3) is 0 Å². The Hall–Kier alpha value is -2.28. The highest BCUT2D eigenvalue weighted by Crippen LogP contribution is 2.22. The third kappa shape index (κ3) is 4.35. The van der Waals surface area contributed by atoms with Gasteiger partial charge in [-0.3, -0.25) is 0 Å². The SMILES string of the molecule is Cc1nnc(CN=C(NC2CC2)N2CCN(c3cccc(Cl)c3)CC2)n1C. The number of aryl methyl sites for hydroxylation is 1. The first kappa shape index (κ1) is 18.1. The minimum absolute atomic E-state index is 0.543. The minimum atomic E-state index is 0.543. The molecule has 1 saturated heterocycles. The topological polar surface area (TPSA) is 61.6 Å². The van der Waals surface area contributed by atoms with Gasteiger partial charge in [0, 0.05) is 50.0 Å². The third-order valence-electron chi connectivity index (χ3n) is 5.22. The van der Waals surface area contributed by atoms with E-state index in [0.29, 0.717) is 12.6 Å². The predicted molar refractivity (Wildman–Crippen MR) is 108 cm³/mol. The third-order valence-corrected chi connectivity index (χ3v) is 5.45. The van der Waals surface area contributed by atoms with Crippen LogP contribution in [0, 0.1) is 6.92 Å². The van der Waals surface area contributed by atoms with Gasteiger partial charge in [0.2, 0.25) is 0 Å². The second kappa shape index (κ2) is 7.76. The van der Waals surface area contributed by atoms with E-state index in [1.165, 1.54) is 18.5 Å². The normalized spacial score (nSPS) is 18.1. The van der Waals surface area contributed by atoms with E-state index in [0.717, 1.165) is 48.8 Å². The molecule has 1 aliphatic carbocycles. The predicted octanol–water partition coefficient (Wildman–Crippen LogP) is 2.21. The van der Waals surface area contributed by atoms with Crippen LogP contribution in [0.15, 0.2) is 29.3 Å². The van der Waals surface area contributed by atoms with Gasteiger partial charge in [0.05, 0.1) is 0 Å². The van der Waals surface area contributed by atoms with Crippen molar-refractivity contribution in [2.45, 2.75) is 32.4 Å².